The van der Waals surface area contributed by atoms with Crippen LogP contribution >= 0.6 is 0 Å². The number of anilines is 1. The molecule has 1 saturated heterocycles. The Morgan fingerprint density at radius 3 is 2.43 bits per heavy atom. The number of rotatable bonds is 10. The zero-order valence-corrected chi connectivity index (χ0v) is 17.4. The lowest BCUT2D eigenvalue weighted by atomic mass is 10.1. The highest BCUT2D eigenvalue weighted by Gasteiger charge is 2.22. The minimum atomic E-state index is -0.836. The van der Waals surface area contributed by atoms with E-state index < -0.39 is 5.97 Å². The molecular weight excluding hydrogens is 388 g/mol. The Labute approximate surface area is 176 Å². The Kier molecular flexibility index (Phi) is 7.67. The summed E-state index contributed by atoms with van der Waals surface area (Å²) < 4.78 is 16.9. The van der Waals surface area contributed by atoms with Crippen molar-refractivity contribution in [2.45, 2.75) is 19.4 Å². The quantitative estimate of drug-likeness (QED) is 0.584. The molecule has 1 aromatic carbocycles. The fourth-order valence-electron chi connectivity index (χ4n) is 3.42. The molecule has 0 unspecified atom stereocenters. The van der Waals surface area contributed by atoms with E-state index in [0.717, 1.165) is 37.7 Å². The maximum atomic E-state index is 10.8. The maximum Gasteiger partial charge on any atom is 0.303 e. The van der Waals surface area contributed by atoms with Crippen molar-refractivity contribution in [3.63, 3.8) is 0 Å². The molecule has 0 radical (unpaired) electrons. The van der Waals surface area contributed by atoms with Gasteiger partial charge in [-0.25, -0.2) is 9.97 Å². The fraction of sp³-hybridized carbons (Fsp3) is 0.476. The van der Waals surface area contributed by atoms with Crippen LogP contribution in [0.3, 0.4) is 0 Å². The van der Waals surface area contributed by atoms with E-state index in [9.17, 15) is 4.79 Å². The molecule has 2 aromatic rings. The SMILES string of the molecule is COc1ccc(CN2CCN(c3ncccn3)CC2)c(OCCCC(=O)O)c1OC. The number of carboxylic acid groups (broad SMARTS) is 1. The summed E-state index contributed by atoms with van der Waals surface area (Å²) in [6.45, 7) is 4.40. The van der Waals surface area contributed by atoms with Gasteiger partial charge in [-0.1, -0.05) is 6.07 Å². The first-order valence-electron chi connectivity index (χ1n) is 9.95. The molecule has 162 valence electrons. The number of piperazine rings is 1. The van der Waals surface area contributed by atoms with Gasteiger partial charge in [-0.05, 0) is 18.6 Å². The topological polar surface area (TPSA) is 97.2 Å². The van der Waals surface area contributed by atoms with Crippen LogP contribution in [-0.4, -0.2) is 72.9 Å². The molecule has 0 spiro atoms. The van der Waals surface area contributed by atoms with Gasteiger partial charge >= 0.3 is 5.97 Å². The summed E-state index contributed by atoms with van der Waals surface area (Å²) in [5.41, 5.74) is 0.979. The lowest BCUT2D eigenvalue weighted by Gasteiger charge is -2.35. The highest BCUT2D eigenvalue weighted by molar-refractivity contribution is 5.66. The third kappa shape index (κ3) is 5.50. The Hall–Kier alpha value is -3.07. The van der Waals surface area contributed by atoms with Gasteiger partial charge < -0.3 is 24.2 Å². The number of ether oxygens (including phenoxy) is 3. The number of carboxylic acids is 1. The molecule has 1 aliphatic rings. The van der Waals surface area contributed by atoms with Crippen molar-refractivity contribution < 1.29 is 24.1 Å². The number of nitrogens with zero attached hydrogens (tertiary/aromatic N) is 4. The predicted octanol–water partition coefficient (Wildman–Crippen LogP) is 2.06. The molecular formula is C21H28N4O5. The fourth-order valence-corrected chi connectivity index (χ4v) is 3.42. The predicted molar refractivity (Wildman–Crippen MR) is 111 cm³/mol. The minimum Gasteiger partial charge on any atom is -0.493 e. The number of methoxy groups -OCH3 is 2. The molecule has 1 fully saturated rings. The van der Waals surface area contributed by atoms with E-state index >= 15 is 0 Å². The third-order valence-corrected chi connectivity index (χ3v) is 4.96. The highest BCUT2D eigenvalue weighted by Crippen LogP contribution is 2.40. The lowest BCUT2D eigenvalue weighted by Crippen LogP contribution is -2.46. The number of aromatic nitrogens is 2. The molecule has 0 bridgehead atoms. The zero-order valence-electron chi connectivity index (χ0n) is 17.4. The molecule has 30 heavy (non-hydrogen) atoms. The number of hydrogen-bond acceptors (Lipinski definition) is 8. The van der Waals surface area contributed by atoms with E-state index in [0.29, 0.717) is 36.8 Å². The molecule has 1 aromatic heterocycles. The molecule has 3 rings (SSSR count). The molecule has 0 amide bonds. The molecule has 0 aliphatic carbocycles. The highest BCUT2D eigenvalue weighted by atomic mass is 16.5. The van der Waals surface area contributed by atoms with Crippen LogP contribution in [0.4, 0.5) is 5.95 Å². The standard InChI is InChI=1S/C21H28N4O5/c1-28-17-7-6-16(19(20(17)29-2)30-14-3-5-18(26)27)15-24-10-12-25(13-11-24)21-22-8-4-9-23-21/h4,6-9H,3,5,10-15H2,1-2H3,(H,26,27). The van der Waals surface area contributed by atoms with Gasteiger partial charge in [-0.2, -0.15) is 0 Å². The molecule has 1 N–H and O–H groups in total. The maximum absolute atomic E-state index is 10.8. The van der Waals surface area contributed by atoms with E-state index in [1.54, 1.807) is 26.6 Å². The van der Waals surface area contributed by atoms with Gasteiger partial charge in [0.15, 0.2) is 11.5 Å². The number of carbonyl (C=O) groups is 1. The summed E-state index contributed by atoms with van der Waals surface area (Å²) in [6, 6.07) is 5.65. The Morgan fingerprint density at radius 1 is 1.07 bits per heavy atom. The Balaban J connectivity index is 1.68. The second kappa shape index (κ2) is 10.6. The molecule has 1 aliphatic heterocycles. The molecule has 0 saturated carbocycles. The van der Waals surface area contributed by atoms with Crippen LogP contribution in [0.15, 0.2) is 30.6 Å². The number of benzene rings is 1. The minimum absolute atomic E-state index is 0.0606. The first-order chi connectivity index (χ1) is 14.6. The normalized spacial score (nSPS) is 14.4. The first-order valence-corrected chi connectivity index (χ1v) is 9.95. The van der Waals surface area contributed by atoms with Gasteiger partial charge in [0.05, 0.1) is 20.8 Å². The van der Waals surface area contributed by atoms with Crippen LogP contribution in [-0.2, 0) is 11.3 Å². The van der Waals surface area contributed by atoms with Crippen molar-refractivity contribution in [2.24, 2.45) is 0 Å². The van der Waals surface area contributed by atoms with E-state index in [1.807, 2.05) is 18.2 Å². The number of aliphatic carboxylic acids is 1. The summed E-state index contributed by atoms with van der Waals surface area (Å²) in [6.07, 6.45) is 3.99. The second-order valence-corrected chi connectivity index (χ2v) is 6.95. The molecule has 2 heterocycles. The van der Waals surface area contributed by atoms with Gasteiger partial charge in [0, 0.05) is 57.1 Å². The largest absolute Gasteiger partial charge is 0.493 e. The molecule has 0 atom stereocenters. The van der Waals surface area contributed by atoms with Crippen LogP contribution < -0.4 is 19.1 Å². The lowest BCUT2D eigenvalue weighted by molar-refractivity contribution is -0.137. The summed E-state index contributed by atoms with van der Waals surface area (Å²) in [4.78, 5) is 23.9. The van der Waals surface area contributed by atoms with Crippen LogP contribution in [0.1, 0.15) is 18.4 Å². The van der Waals surface area contributed by atoms with Gasteiger partial charge in [-0.15, -0.1) is 0 Å². The molecule has 9 heteroatoms. The van der Waals surface area contributed by atoms with Crippen molar-refractivity contribution in [3.05, 3.63) is 36.2 Å². The van der Waals surface area contributed by atoms with Crippen molar-refractivity contribution in [1.82, 2.24) is 14.9 Å². The smallest absolute Gasteiger partial charge is 0.303 e. The van der Waals surface area contributed by atoms with Crippen molar-refractivity contribution in [2.75, 3.05) is 51.9 Å². The Bertz CT molecular complexity index is 826. The number of hydrogen-bond donors (Lipinski definition) is 1. The van der Waals surface area contributed by atoms with E-state index in [1.165, 1.54) is 0 Å². The zero-order chi connectivity index (χ0) is 21.3. The van der Waals surface area contributed by atoms with Gasteiger partial charge in [-0.3, -0.25) is 9.69 Å². The molecule has 9 nitrogen and oxygen atoms in total. The van der Waals surface area contributed by atoms with Crippen LogP contribution in [0.25, 0.3) is 0 Å². The van der Waals surface area contributed by atoms with Crippen LogP contribution in [0.5, 0.6) is 17.2 Å². The van der Waals surface area contributed by atoms with E-state index in [4.69, 9.17) is 19.3 Å². The Morgan fingerprint density at radius 2 is 1.80 bits per heavy atom. The van der Waals surface area contributed by atoms with Gasteiger partial charge in [0.25, 0.3) is 0 Å². The monoisotopic (exact) mass is 416 g/mol. The summed E-state index contributed by atoms with van der Waals surface area (Å²) in [5.74, 6) is 1.64. The summed E-state index contributed by atoms with van der Waals surface area (Å²) in [7, 11) is 3.15. The first kappa shape index (κ1) is 21.6. The second-order valence-electron chi connectivity index (χ2n) is 6.95. The summed E-state index contributed by atoms with van der Waals surface area (Å²) >= 11 is 0. The van der Waals surface area contributed by atoms with E-state index in [-0.39, 0.29) is 6.42 Å². The van der Waals surface area contributed by atoms with Gasteiger partial charge in [0.1, 0.15) is 0 Å². The van der Waals surface area contributed by atoms with Crippen LogP contribution in [0, 0.1) is 0 Å². The van der Waals surface area contributed by atoms with Crippen molar-refractivity contribution in [3.8, 4) is 17.2 Å². The summed E-state index contributed by atoms with van der Waals surface area (Å²) in [5, 5.41) is 8.85. The van der Waals surface area contributed by atoms with E-state index in [2.05, 4.69) is 19.8 Å². The third-order valence-electron chi connectivity index (χ3n) is 4.96. The average Bonchev–Trinajstić information content (AvgIpc) is 2.78. The van der Waals surface area contributed by atoms with Crippen LogP contribution in [0.2, 0.25) is 0 Å². The van der Waals surface area contributed by atoms with Crippen molar-refractivity contribution >= 4 is 11.9 Å². The van der Waals surface area contributed by atoms with Gasteiger partial charge in [0.2, 0.25) is 11.7 Å². The van der Waals surface area contributed by atoms with Crippen molar-refractivity contribution in [1.29, 1.82) is 0 Å². The average molecular weight is 416 g/mol.